The minimum absolute atomic E-state index is 0.0582. The molecule has 26 heteroatoms. The number of phenols is 1. The van der Waals surface area contributed by atoms with Crippen molar-refractivity contribution in [2.75, 3.05) is 31.1 Å². The van der Waals surface area contributed by atoms with E-state index >= 15 is 0 Å². The molecule has 2 rings (SSSR count). The lowest BCUT2D eigenvalue weighted by molar-refractivity contribution is -0.142. The normalized spacial score (nSPS) is 17.4. The van der Waals surface area contributed by atoms with Crippen molar-refractivity contribution in [3.05, 3.63) is 29.8 Å². The molecule has 0 spiro atoms. The fourth-order valence-corrected chi connectivity index (χ4v) is 7.23. The Morgan fingerprint density at radius 1 is 0.731 bits per heavy atom. The van der Waals surface area contributed by atoms with Gasteiger partial charge in [-0.3, -0.25) is 47.9 Å². The lowest BCUT2D eigenvalue weighted by Gasteiger charge is -2.31. The number of rotatable bonds is 28. The van der Waals surface area contributed by atoms with Gasteiger partial charge < -0.3 is 74.6 Å². The fourth-order valence-electron chi connectivity index (χ4n) is 6.82. The molecule has 0 aromatic heterocycles. The second-order valence-corrected chi connectivity index (χ2v) is 16.8. The molecule has 67 heavy (non-hydrogen) atoms. The summed E-state index contributed by atoms with van der Waals surface area (Å²) in [6, 6.07) is -4.26. The smallest absolute Gasteiger partial charge is 0.250 e. The molecule has 10 amide bonds. The van der Waals surface area contributed by atoms with Crippen molar-refractivity contribution < 1.29 is 63.3 Å². The number of amides is 10. The summed E-state index contributed by atoms with van der Waals surface area (Å²) in [6.45, 7) is 4.24. The number of nitrogens with two attached hydrogens (primary N) is 3. The van der Waals surface area contributed by atoms with Crippen LogP contribution in [0.25, 0.3) is 0 Å². The Hall–Kier alpha value is -5.70. The second kappa shape index (κ2) is 28.5. The van der Waals surface area contributed by atoms with Crippen molar-refractivity contribution in [1.29, 1.82) is 0 Å². The maximum atomic E-state index is 13.9. The van der Waals surface area contributed by atoms with Gasteiger partial charge in [-0.25, -0.2) is 0 Å². The molecule has 1 aromatic rings. The number of nitrogens with zero attached hydrogens (tertiary/aromatic N) is 1. The Balaban J connectivity index is 2.28. The van der Waals surface area contributed by atoms with Crippen molar-refractivity contribution in [2.45, 2.75) is 120 Å². The largest absolute Gasteiger partial charge is 0.508 e. The number of likely N-dealkylation sites (tertiary alicyclic amines) is 1. The number of primary amides is 2. The molecule has 1 aromatic carbocycles. The van der Waals surface area contributed by atoms with Gasteiger partial charge in [-0.1, -0.05) is 32.4 Å². The quantitative estimate of drug-likeness (QED) is 0.0349. The van der Waals surface area contributed by atoms with Crippen molar-refractivity contribution in [3.63, 3.8) is 0 Å². The second-order valence-electron chi connectivity index (χ2n) is 16.1. The SMILES string of the molecule is CC[C@H](C)[C@H](NC(=O)[C@H](Cc1ccc(O)cc1)NC(=O)[C@H](O)CS)C(=O)N[C@H](C(=O)N[C@@H](CC(N)=O)C(=O)N[C@@H](CS)C(=O)N1CCC[C@H]1C(=O)N[C@@H](CCCN)C(=O)NCC(N)=O)[C@@H](C)O. The van der Waals surface area contributed by atoms with Crippen molar-refractivity contribution in [2.24, 2.45) is 23.1 Å². The molecule has 0 radical (unpaired) electrons. The molecular formula is C41H65N11O13S2. The Labute approximate surface area is 398 Å². The van der Waals surface area contributed by atoms with Crippen LogP contribution in [0.3, 0.4) is 0 Å². The first-order chi connectivity index (χ1) is 31.6. The predicted octanol–water partition coefficient (Wildman–Crippen LogP) is -5.30. The highest BCUT2D eigenvalue weighted by Crippen LogP contribution is 2.20. The molecule has 0 saturated carbocycles. The van der Waals surface area contributed by atoms with Gasteiger partial charge in [0.15, 0.2) is 0 Å². The number of carbonyl (C=O) groups excluding carboxylic acids is 10. The number of aliphatic hydroxyl groups excluding tert-OH is 2. The average Bonchev–Trinajstić information content (AvgIpc) is 3.79. The van der Waals surface area contributed by atoms with Crippen molar-refractivity contribution in [1.82, 2.24) is 42.1 Å². The third kappa shape index (κ3) is 18.5. The van der Waals surface area contributed by atoms with Gasteiger partial charge in [0.05, 0.1) is 19.1 Å². The standard InChI is InChI=1S/C41H65N11O13S2/c1-4-20(2)32(50-36(60)25(47-38(62)29(55)19-67)15-22-9-11-23(54)12-10-22)39(63)51-33(21(3)53)40(64)48-26(16-30(43)56)35(59)49-27(18-66)41(65)52-14-6-8-28(52)37(61)46-24(7-5-13-42)34(58)45-17-31(44)57/h9-12,20-21,24-29,32-33,53-55,66-67H,4-8,13-19,42H2,1-3H3,(H2,43,56)(H2,44,57)(H,45,58)(H,46,61)(H,47,62)(H,48,64)(H,49,59)(H,50,60)(H,51,63)/t20-,21+,24-,25-,26-,27-,28-,29+,32-,33-/m0/s1. The zero-order valence-electron chi connectivity index (χ0n) is 37.6. The molecule has 1 aliphatic rings. The van der Waals surface area contributed by atoms with Crippen LogP contribution in [0.15, 0.2) is 24.3 Å². The number of carbonyl (C=O) groups is 10. The summed E-state index contributed by atoms with van der Waals surface area (Å²) in [5.41, 5.74) is 16.6. The number of hydrogen-bond acceptors (Lipinski definition) is 16. The summed E-state index contributed by atoms with van der Waals surface area (Å²) in [5, 5.41) is 47.4. The van der Waals surface area contributed by atoms with Gasteiger partial charge in [-0.15, -0.1) is 0 Å². The Bertz CT molecular complexity index is 1910. The highest BCUT2D eigenvalue weighted by molar-refractivity contribution is 7.80. The van der Waals surface area contributed by atoms with E-state index in [4.69, 9.17) is 17.2 Å². The highest BCUT2D eigenvalue weighted by atomic mass is 32.1. The van der Waals surface area contributed by atoms with E-state index in [2.05, 4.69) is 62.5 Å². The molecule has 0 bridgehead atoms. The highest BCUT2D eigenvalue weighted by Gasteiger charge is 2.40. The van der Waals surface area contributed by atoms with Crippen LogP contribution in [0, 0.1) is 5.92 Å². The molecule has 1 aliphatic heterocycles. The first-order valence-corrected chi connectivity index (χ1v) is 22.9. The van der Waals surface area contributed by atoms with Crippen LogP contribution in [-0.2, 0) is 54.4 Å². The first kappa shape index (κ1) is 57.4. The maximum Gasteiger partial charge on any atom is 0.250 e. The van der Waals surface area contributed by atoms with Gasteiger partial charge in [0.25, 0.3) is 0 Å². The molecule has 16 N–H and O–H groups in total. The van der Waals surface area contributed by atoms with Crippen LogP contribution in [0.1, 0.15) is 64.9 Å². The molecule has 1 heterocycles. The average molecular weight is 984 g/mol. The van der Waals surface area contributed by atoms with E-state index in [-0.39, 0.29) is 49.6 Å². The van der Waals surface area contributed by atoms with Crippen LogP contribution in [0.2, 0.25) is 0 Å². The summed E-state index contributed by atoms with van der Waals surface area (Å²) in [4.78, 5) is 132. The molecule has 0 unspecified atom stereocenters. The minimum Gasteiger partial charge on any atom is -0.508 e. The monoisotopic (exact) mass is 983 g/mol. The van der Waals surface area contributed by atoms with E-state index in [1.165, 1.54) is 29.2 Å². The number of thiol groups is 2. The zero-order valence-corrected chi connectivity index (χ0v) is 39.4. The van der Waals surface area contributed by atoms with Gasteiger partial charge in [-0.2, -0.15) is 25.3 Å². The number of nitrogens with one attached hydrogen (secondary N) is 7. The number of hydrogen-bond donors (Lipinski definition) is 15. The number of phenolic OH excluding ortho intramolecular Hbond substituents is 1. The molecule has 374 valence electrons. The minimum atomic E-state index is -1.81. The number of aliphatic hydroxyl groups is 2. The molecular weight excluding hydrogens is 919 g/mol. The van der Waals surface area contributed by atoms with Gasteiger partial charge in [0, 0.05) is 24.5 Å². The first-order valence-electron chi connectivity index (χ1n) is 21.6. The van der Waals surface area contributed by atoms with Crippen molar-refractivity contribution in [3.8, 4) is 5.75 Å². The van der Waals surface area contributed by atoms with Gasteiger partial charge in [0.1, 0.15) is 54.1 Å². The van der Waals surface area contributed by atoms with Crippen LogP contribution < -0.4 is 54.4 Å². The van der Waals surface area contributed by atoms with E-state index in [1.807, 2.05) is 0 Å². The fraction of sp³-hybridized carbons (Fsp3) is 0.610. The maximum absolute atomic E-state index is 13.9. The summed E-state index contributed by atoms with van der Waals surface area (Å²) in [5.74, 6) is -10.3. The number of benzene rings is 1. The van der Waals surface area contributed by atoms with E-state index in [0.29, 0.717) is 24.8 Å². The van der Waals surface area contributed by atoms with E-state index in [9.17, 15) is 63.3 Å². The van der Waals surface area contributed by atoms with Crippen molar-refractivity contribution >= 4 is 84.3 Å². The molecule has 24 nitrogen and oxygen atoms in total. The Morgan fingerprint density at radius 3 is 1.87 bits per heavy atom. The van der Waals surface area contributed by atoms with E-state index in [0.717, 1.165) is 6.92 Å². The third-order valence-electron chi connectivity index (χ3n) is 10.8. The summed E-state index contributed by atoms with van der Waals surface area (Å²) < 4.78 is 0. The molecule has 10 atom stereocenters. The molecule has 1 fully saturated rings. The van der Waals surface area contributed by atoms with E-state index < -0.39 is 132 Å². The lowest BCUT2D eigenvalue weighted by atomic mass is 9.96. The van der Waals surface area contributed by atoms with Crippen LogP contribution in [0.5, 0.6) is 5.75 Å². The lowest BCUT2D eigenvalue weighted by Crippen LogP contribution is -2.63. The number of aromatic hydroxyl groups is 1. The summed E-state index contributed by atoms with van der Waals surface area (Å²) >= 11 is 8.12. The summed E-state index contributed by atoms with van der Waals surface area (Å²) in [6.07, 6.45) is -2.89. The summed E-state index contributed by atoms with van der Waals surface area (Å²) in [7, 11) is 0. The van der Waals surface area contributed by atoms with E-state index in [1.54, 1.807) is 13.8 Å². The topological polar surface area (TPSA) is 397 Å². The molecule has 0 aliphatic carbocycles. The van der Waals surface area contributed by atoms with Gasteiger partial charge >= 0.3 is 0 Å². The van der Waals surface area contributed by atoms with Crippen LogP contribution in [-0.4, -0.2) is 165 Å². The predicted molar refractivity (Wildman–Crippen MR) is 247 cm³/mol. The molecule has 1 saturated heterocycles. The van der Waals surface area contributed by atoms with Gasteiger partial charge in [0.2, 0.25) is 59.1 Å². The van der Waals surface area contributed by atoms with Crippen LogP contribution >= 0.6 is 25.3 Å². The Morgan fingerprint density at radius 2 is 1.31 bits per heavy atom. The third-order valence-corrected chi connectivity index (χ3v) is 11.5. The van der Waals surface area contributed by atoms with Crippen LogP contribution in [0.4, 0.5) is 0 Å². The zero-order chi connectivity index (χ0) is 50.5. The Kier molecular flexibility index (Phi) is 24.4. The van der Waals surface area contributed by atoms with Gasteiger partial charge in [-0.05, 0) is 62.8 Å².